The van der Waals surface area contributed by atoms with Crippen LogP contribution in [0.15, 0.2) is 54.9 Å². The van der Waals surface area contributed by atoms with Crippen molar-refractivity contribution in [1.82, 2.24) is 61.1 Å². The predicted octanol–water partition coefficient (Wildman–Crippen LogP) is 2.91. The monoisotopic (exact) mass is 685 g/mol. The molecule has 2 saturated heterocycles. The maximum atomic E-state index is 4.65. The van der Waals surface area contributed by atoms with Crippen LogP contribution in [0.1, 0.15) is 55.5 Å². The third-order valence-corrected chi connectivity index (χ3v) is 9.95. The fourth-order valence-electron chi connectivity index (χ4n) is 7.38. The van der Waals surface area contributed by atoms with Crippen LogP contribution in [-0.2, 0) is 32.6 Å². The molecule has 0 spiro atoms. The Hall–Kier alpha value is -3.26. The zero-order valence-corrected chi connectivity index (χ0v) is 30.1. The van der Waals surface area contributed by atoms with E-state index in [1.54, 1.807) is 0 Å². The lowest BCUT2D eigenvalue weighted by molar-refractivity contribution is 0.252. The summed E-state index contributed by atoms with van der Waals surface area (Å²) in [6.07, 6.45) is 12.3. The Bertz CT molecular complexity index is 1420. The largest absolute Gasteiger partial charge is 0.317 e. The highest BCUT2D eigenvalue weighted by atomic mass is 15.4. The van der Waals surface area contributed by atoms with Crippen molar-refractivity contribution in [3.63, 3.8) is 0 Å². The minimum atomic E-state index is 0.266. The number of nitrogens with one attached hydrogen (secondary N) is 4. The summed E-state index contributed by atoms with van der Waals surface area (Å²) in [6.45, 7) is 16.1. The molecule has 0 saturated carbocycles. The van der Waals surface area contributed by atoms with Gasteiger partial charge >= 0.3 is 0 Å². The van der Waals surface area contributed by atoms with Gasteiger partial charge in [0.05, 0.1) is 11.4 Å². The van der Waals surface area contributed by atoms with Gasteiger partial charge in [-0.1, -0.05) is 52.9 Å². The van der Waals surface area contributed by atoms with E-state index in [2.05, 4.69) is 116 Å². The summed E-state index contributed by atoms with van der Waals surface area (Å²) >= 11 is 0. The lowest BCUT2D eigenvalue weighted by Crippen LogP contribution is -2.32. The standard InChI is InChI=1S/C38H60N12/c1-2-13-38-34(10-1)11-3-12-35(38)26-33(27-49-31-36(43-45-49)29-47-22-6-18-39-14-4-15-40-19-7-23-47)28-50-32-37(44-46-50)30-48-24-8-20-41-16-5-17-42-21-9-25-48/h1-3,10-13,31-33,39-42H,4-9,14-30H2. The molecule has 12 nitrogen and oxygen atoms in total. The first-order chi connectivity index (χ1) is 24.8. The molecule has 2 aliphatic rings. The van der Waals surface area contributed by atoms with Gasteiger partial charge in [-0.05, 0) is 140 Å². The molecule has 50 heavy (non-hydrogen) atoms. The molecule has 0 bridgehead atoms. The summed E-state index contributed by atoms with van der Waals surface area (Å²) in [5, 5.41) is 35.5. The second-order valence-corrected chi connectivity index (χ2v) is 14.2. The van der Waals surface area contributed by atoms with Crippen LogP contribution < -0.4 is 21.3 Å². The molecule has 0 aliphatic carbocycles. The van der Waals surface area contributed by atoms with Crippen molar-refractivity contribution in [2.24, 2.45) is 5.92 Å². The van der Waals surface area contributed by atoms with Crippen LogP contribution in [0, 0.1) is 5.92 Å². The van der Waals surface area contributed by atoms with Gasteiger partial charge in [0.25, 0.3) is 0 Å². The highest BCUT2D eigenvalue weighted by Gasteiger charge is 2.18. The van der Waals surface area contributed by atoms with Crippen molar-refractivity contribution in [1.29, 1.82) is 0 Å². The quantitative estimate of drug-likeness (QED) is 0.199. The second-order valence-electron chi connectivity index (χ2n) is 14.2. The normalized spacial score (nSPS) is 19.1. The molecule has 2 aromatic carbocycles. The molecule has 4 heterocycles. The molecule has 0 amide bonds. The summed E-state index contributed by atoms with van der Waals surface area (Å²) in [4.78, 5) is 5.07. The molecule has 12 heteroatoms. The third-order valence-electron chi connectivity index (χ3n) is 9.95. The van der Waals surface area contributed by atoms with Crippen molar-refractivity contribution in [3.8, 4) is 0 Å². The summed E-state index contributed by atoms with van der Waals surface area (Å²) in [7, 11) is 0. The van der Waals surface area contributed by atoms with Gasteiger partial charge in [0, 0.05) is 44.5 Å². The van der Waals surface area contributed by atoms with Crippen molar-refractivity contribution in [2.45, 2.75) is 71.1 Å². The van der Waals surface area contributed by atoms with E-state index in [1.165, 1.54) is 29.2 Å². The van der Waals surface area contributed by atoms with Gasteiger partial charge < -0.3 is 21.3 Å². The number of fused-ring (bicyclic) bond motifs is 1. The van der Waals surface area contributed by atoms with Crippen LogP contribution in [0.3, 0.4) is 0 Å². The Labute approximate surface area is 298 Å². The molecule has 4 aromatic rings. The van der Waals surface area contributed by atoms with Crippen LogP contribution in [-0.4, -0.2) is 118 Å². The molecular formula is C38H60N12. The van der Waals surface area contributed by atoms with Crippen molar-refractivity contribution >= 4 is 10.8 Å². The Morgan fingerprint density at radius 1 is 0.540 bits per heavy atom. The zero-order valence-electron chi connectivity index (χ0n) is 30.1. The number of nitrogens with zero attached hydrogens (tertiary/aromatic N) is 8. The molecule has 272 valence electrons. The first-order valence-corrected chi connectivity index (χ1v) is 19.3. The van der Waals surface area contributed by atoms with E-state index in [0.717, 1.165) is 148 Å². The smallest absolute Gasteiger partial charge is 0.0967 e. The summed E-state index contributed by atoms with van der Waals surface area (Å²) in [5.41, 5.74) is 3.44. The first kappa shape index (κ1) is 36.5. The number of rotatable bonds is 10. The predicted molar refractivity (Wildman–Crippen MR) is 201 cm³/mol. The summed E-state index contributed by atoms with van der Waals surface area (Å²) in [6, 6.07) is 15.4. The maximum Gasteiger partial charge on any atom is 0.0967 e. The van der Waals surface area contributed by atoms with E-state index in [0.29, 0.717) is 0 Å². The molecule has 2 aliphatic heterocycles. The Morgan fingerprint density at radius 2 is 1.00 bits per heavy atom. The van der Waals surface area contributed by atoms with Crippen molar-refractivity contribution in [2.75, 3.05) is 78.5 Å². The van der Waals surface area contributed by atoms with Gasteiger partial charge in [0.2, 0.25) is 0 Å². The molecule has 6 rings (SSSR count). The van der Waals surface area contributed by atoms with E-state index in [4.69, 9.17) is 0 Å². The van der Waals surface area contributed by atoms with Gasteiger partial charge in [-0.2, -0.15) is 0 Å². The molecule has 2 fully saturated rings. The molecular weight excluding hydrogens is 625 g/mol. The molecule has 0 unspecified atom stereocenters. The number of aromatic nitrogens is 6. The average Bonchev–Trinajstić information content (AvgIpc) is 3.76. The van der Waals surface area contributed by atoms with Crippen LogP contribution in [0.4, 0.5) is 0 Å². The fraction of sp³-hybridized carbons (Fsp3) is 0.632. The minimum absolute atomic E-state index is 0.266. The highest BCUT2D eigenvalue weighted by molar-refractivity contribution is 5.85. The average molecular weight is 685 g/mol. The molecule has 0 atom stereocenters. The molecule has 0 radical (unpaired) electrons. The van der Waals surface area contributed by atoms with Gasteiger partial charge in [-0.15, -0.1) is 10.2 Å². The first-order valence-electron chi connectivity index (χ1n) is 19.3. The van der Waals surface area contributed by atoms with Gasteiger partial charge in [0.15, 0.2) is 0 Å². The topological polar surface area (TPSA) is 116 Å². The van der Waals surface area contributed by atoms with Crippen LogP contribution in [0.25, 0.3) is 10.8 Å². The van der Waals surface area contributed by atoms with Crippen LogP contribution in [0.5, 0.6) is 0 Å². The molecule has 2 aromatic heterocycles. The zero-order chi connectivity index (χ0) is 34.1. The van der Waals surface area contributed by atoms with Gasteiger partial charge in [-0.25, -0.2) is 0 Å². The minimum Gasteiger partial charge on any atom is -0.317 e. The van der Waals surface area contributed by atoms with Crippen molar-refractivity contribution < 1.29 is 0 Å². The SMILES string of the molecule is c1ccc2c(CC(Cn3cc(CN4CCCNCCCNCCC4)nn3)Cn3cc(CN4CCCNCCCNCCC4)nn3)cccc2c1. The lowest BCUT2D eigenvalue weighted by atomic mass is 9.94. The Kier molecular flexibility index (Phi) is 15.0. The fourth-order valence-corrected chi connectivity index (χ4v) is 7.38. The van der Waals surface area contributed by atoms with Crippen LogP contribution in [0.2, 0.25) is 0 Å². The molecule has 4 N–H and O–H groups in total. The maximum absolute atomic E-state index is 4.65. The Balaban J connectivity index is 1.12. The van der Waals surface area contributed by atoms with E-state index in [1.807, 2.05) is 0 Å². The lowest BCUT2D eigenvalue weighted by Gasteiger charge is -2.22. The van der Waals surface area contributed by atoms with Crippen LogP contribution >= 0.6 is 0 Å². The summed E-state index contributed by atoms with van der Waals surface area (Å²) < 4.78 is 4.11. The van der Waals surface area contributed by atoms with E-state index < -0.39 is 0 Å². The second kappa shape index (κ2) is 20.6. The number of benzene rings is 2. The van der Waals surface area contributed by atoms with E-state index in [-0.39, 0.29) is 5.92 Å². The van der Waals surface area contributed by atoms with E-state index in [9.17, 15) is 0 Å². The summed E-state index contributed by atoms with van der Waals surface area (Å²) in [5.74, 6) is 0.266. The van der Waals surface area contributed by atoms with Gasteiger partial charge in [-0.3, -0.25) is 19.2 Å². The third kappa shape index (κ3) is 12.2. The highest BCUT2D eigenvalue weighted by Crippen LogP contribution is 2.23. The van der Waals surface area contributed by atoms with Gasteiger partial charge in [0.1, 0.15) is 0 Å². The van der Waals surface area contributed by atoms with Crippen molar-refractivity contribution in [3.05, 3.63) is 71.8 Å². The number of hydrogen-bond acceptors (Lipinski definition) is 10. The number of hydrogen-bond donors (Lipinski definition) is 4. The van der Waals surface area contributed by atoms with E-state index >= 15 is 0 Å². The Morgan fingerprint density at radius 3 is 1.52 bits per heavy atom.